The highest BCUT2D eigenvalue weighted by molar-refractivity contribution is 7.91. The lowest BCUT2D eigenvalue weighted by atomic mass is 9.92. The van der Waals surface area contributed by atoms with Crippen LogP contribution in [0.4, 0.5) is 5.82 Å². The third-order valence-electron chi connectivity index (χ3n) is 4.41. The quantitative estimate of drug-likeness (QED) is 0.862. The van der Waals surface area contributed by atoms with E-state index in [-0.39, 0.29) is 28.9 Å². The number of nitrogens with zero attached hydrogens (tertiary/aromatic N) is 2. The normalized spacial score (nSPS) is 19.5. The summed E-state index contributed by atoms with van der Waals surface area (Å²) < 4.78 is 25.4. The van der Waals surface area contributed by atoms with E-state index in [4.69, 9.17) is 11.6 Å². The minimum Gasteiger partial charge on any atom is -0.307 e. The van der Waals surface area contributed by atoms with Gasteiger partial charge in [-0.05, 0) is 30.7 Å². The molecule has 1 aromatic heterocycles. The first kappa shape index (κ1) is 18.9. The molecule has 0 bridgehead atoms. The van der Waals surface area contributed by atoms with Gasteiger partial charge in [0.2, 0.25) is 0 Å². The maximum atomic E-state index is 12.6. The Labute approximate surface area is 158 Å². The van der Waals surface area contributed by atoms with Crippen molar-refractivity contribution in [2.75, 3.05) is 16.8 Å². The Morgan fingerprint density at radius 1 is 1.27 bits per heavy atom. The van der Waals surface area contributed by atoms with Crippen molar-refractivity contribution in [2.45, 2.75) is 38.6 Å². The van der Waals surface area contributed by atoms with Gasteiger partial charge in [0.15, 0.2) is 9.84 Å². The molecule has 1 atom stereocenters. The Morgan fingerprint density at radius 3 is 2.46 bits per heavy atom. The second kappa shape index (κ2) is 6.70. The Kier molecular flexibility index (Phi) is 4.88. The highest BCUT2D eigenvalue weighted by Crippen LogP contribution is 2.31. The highest BCUT2D eigenvalue weighted by Gasteiger charge is 2.32. The van der Waals surface area contributed by atoms with E-state index in [1.54, 1.807) is 28.9 Å². The summed E-state index contributed by atoms with van der Waals surface area (Å²) in [4.78, 5) is 12.6. The maximum Gasteiger partial charge on any atom is 0.256 e. The molecule has 1 amide bonds. The number of sulfone groups is 1. The summed E-state index contributed by atoms with van der Waals surface area (Å²) in [6, 6.07) is 8.14. The van der Waals surface area contributed by atoms with Gasteiger partial charge in [0, 0.05) is 22.1 Å². The number of carbonyl (C=O) groups excluding carboxylic acids is 1. The summed E-state index contributed by atoms with van der Waals surface area (Å²) >= 11 is 5.87. The van der Waals surface area contributed by atoms with E-state index in [1.807, 2.05) is 26.8 Å². The summed E-state index contributed by atoms with van der Waals surface area (Å²) in [6.07, 6.45) is 0.497. The molecule has 1 aliphatic heterocycles. The summed E-state index contributed by atoms with van der Waals surface area (Å²) in [5.41, 5.74) is 1.05. The maximum absolute atomic E-state index is 12.6. The molecule has 0 spiro atoms. The lowest BCUT2D eigenvalue weighted by Crippen LogP contribution is -2.20. The van der Waals surface area contributed by atoms with Crippen LogP contribution in [-0.2, 0) is 15.3 Å². The van der Waals surface area contributed by atoms with Crippen molar-refractivity contribution in [3.8, 4) is 0 Å². The van der Waals surface area contributed by atoms with Crippen LogP contribution in [0.1, 0.15) is 49.3 Å². The minimum absolute atomic E-state index is 0.0437. The van der Waals surface area contributed by atoms with Gasteiger partial charge in [-0.2, -0.15) is 5.10 Å². The van der Waals surface area contributed by atoms with Crippen molar-refractivity contribution in [3.63, 3.8) is 0 Å². The molecule has 0 saturated carbocycles. The van der Waals surface area contributed by atoms with Crippen molar-refractivity contribution in [2.24, 2.45) is 0 Å². The smallest absolute Gasteiger partial charge is 0.256 e. The van der Waals surface area contributed by atoms with E-state index < -0.39 is 9.84 Å². The lowest BCUT2D eigenvalue weighted by molar-refractivity contribution is 0.102. The van der Waals surface area contributed by atoms with E-state index in [1.165, 1.54) is 0 Å². The molecular formula is C18H22ClN3O3S. The third-order valence-corrected chi connectivity index (χ3v) is 6.41. The van der Waals surface area contributed by atoms with Crippen molar-refractivity contribution in [1.29, 1.82) is 0 Å². The molecule has 0 radical (unpaired) electrons. The molecule has 26 heavy (non-hydrogen) atoms. The van der Waals surface area contributed by atoms with E-state index >= 15 is 0 Å². The van der Waals surface area contributed by atoms with Gasteiger partial charge in [-0.3, -0.25) is 4.79 Å². The fourth-order valence-corrected chi connectivity index (χ4v) is 4.71. The fourth-order valence-electron chi connectivity index (χ4n) is 2.89. The van der Waals surface area contributed by atoms with Crippen LogP contribution in [0.3, 0.4) is 0 Å². The van der Waals surface area contributed by atoms with Gasteiger partial charge in [-0.1, -0.05) is 32.4 Å². The Hall–Kier alpha value is -1.86. The van der Waals surface area contributed by atoms with Crippen LogP contribution >= 0.6 is 11.6 Å². The average Bonchev–Trinajstić information content (AvgIpc) is 3.10. The predicted molar refractivity (Wildman–Crippen MR) is 103 cm³/mol. The van der Waals surface area contributed by atoms with Gasteiger partial charge < -0.3 is 5.32 Å². The van der Waals surface area contributed by atoms with E-state index in [0.717, 1.165) is 5.69 Å². The first-order valence-electron chi connectivity index (χ1n) is 8.42. The molecule has 1 aliphatic rings. The lowest BCUT2D eigenvalue weighted by Gasteiger charge is -2.15. The van der Waals surface area contributed by atoms with Crippen LogP contribution < -0.4 is 5.32 Å². The van der Waals surface area contributed by atoms with E-state index in [9.17, 15) is 13.2 Å². The van der Waals surface area contributed by atoms with Gasteiger partial charge in [-0.15, -0.1) is 0 Å². The SMILES string of the molecule is CC(C)(C)c1cc(NC(=O)c2ccc(Cl)cc2)n(C2CCS(=O)(=O)C2)n1. The van der Waals surface area contributed by atoms with Crippen LogP contribution in [0.5, 0.6) is 0 Å². The van der Waals surface area contributed by atoms with Gasteiger partial charge in [0.25, 0.3) is 5.91 Å². The number of benzene rings is 1. The molecule has 6 nitrogen and oxygen atoms in total. The second-order valence-corrected chi connectivity index (χ2v) is 10.3. The van der Waals surface area contributed by atoms with Crippen LogP contribution in [0, 0.1) is 0 Å². The van der Waals surface area contributed by atoms with E-state index in [2.05, 4.69) is 10.4 Å². The number of amides is 1. The molecule has 3 rings (SSSR count). The number of anilines is 1. The van der Waals surface area contributed by atoms with Gasteiger partial charge in [0.1, 0.15) is 5.82 Å². The topological polar surface area (TPSA) is 81.1 Å². The summed E-state index contributed by atoms with van der Waals surface area (Å²) in [7, 11) is -3.06. The number of halogens is 1. The highest BCUT2D eigenvalue weighted by atomic mass is 35.5. The Balaban J connectivity index is 1.93. The van der Waals surface area contributed by atoms with Crippen LogP contribution in [0.25, 0.3) is 0 Å². The number of aromatic nitrogens is 2. The number of rotatable bonds is 3. The van der Waals surface area contributed by atoms with Crippen LogP contribution in [-0.4, -0.2) is 35.6 Å². The Bertz CT molecular complexity index is 928. The van der Waals surface area contributed by atoms with E-state index in [0.29, 0.717) is 22.8 Å². The number of hydrogen-bond donors (Lipinski definition) is 1. The van der Waals surface area contributed by atoms with Crippen molar-refractivity contribution < 1.29 is 13.2 Å². The largest absolute Gasteiger partial charge is 0.307 e. The standard InChI is InChI=1S/C18H22ClN3O3S/c1-18(2,3)15-10-16(20-17(23)12-4-6-13(19)7-5-12)22(21-15)14-8-9-26(24,25)11-14/h4-7,10,14H,8-9,11H2,1-3H3,(H,20,23). The minimum atomic E-state index is -3.06. The van der Waals surface area contributed by atoms with Crippen LogP contribution in [0.15, 0.2) is 30.3 Å². The predicted octanol–water partition coefficient (Wildman–Crippen LogP) is 3.45. The molecular weight excluding hydrogens is 374 g/mol. The van der Waals surface area contributed by atoms with Gasteiger partial charge in [0.05, 0.1) is 23.2 Å². The average molecular weight is 396 g/mol. The zero-order valence-electron chi connectivity index (χ0n) is 15.0. The van der Waals surface area contributed by atoms with Crippen LogP contribution in [0.2, 0.25) is 5.02 Å². The number of carbonyl (C=O) groups is 1. The fraction of sp³-hybridized carbons (Fsp3) is 0.444. The summed E-state index contributed by atoms with van der Waals surface area (Å²) in [6.45, 7) is 6.07. The molecule has 2 aromatic rings. The van der Waals surface area contributed by atoms with Crippen molar-refractivity contribution in [1.82, 2.24) is 9.78 Å². The number of nitrogens with one attached hydrogen (secondary N) is 1. The molecule has 8 heteroatoms. The van der Waals surface area contributed by atoms with Crippen molar-refractivity contribution in [3.05, 3.63) is 46.6 Å². The second-order valence-electron chi connectivity index (χ2n) is 7.63. The molecule has 1 aromatic carbocycles. The van der Waals surface area contributed by atoms with Gasteiger partial charge in [-0.25, -0.2) is 13.1 Å². The third kappa shape index (κ3) is 4.10. The number of hydrogen-bond acceptors (Lipinski definition) is 4. The van der Waals surface area contributed by atoms with Crippen molar-refractivity contribution >= 4 is 33.2 Å². The summed E-state index contributed by atoms with van der Waals surface area (Å²) in [5, 5.41) is 8.03. The summed E-state index contributed by atoms with van der Waals surface area (Å²) in [5.74, 6) is 0.413. The zero-order valence-corrected chi connectivity index (χ0v) is 16.6. The molecule has 2 heterocycles. The first-order chi connectivity index (χ1) is 12.0. The first-order valence-corrected chi connectivity index (χ1v) is 10.6. The van der Waals surface area contributed by atoms with Gasteiger partial charge >= 0.3 is 0 Å². The molecule has 0 aliphatic carbocycles. The monoisotopic (exact) mass is 395 g/mol. The molecule has 1 unspecified atom stereocenters. The molecule has 140 valence electrons. The molecule has 1 N–H and O–H groups in total. The zero-order chi connectivity index (χ0) is 19.1. The molecule has 1 saturated heterocycles. The molecule has 1 fully saturated rings. The Morgan fingerprint density at radius 2 is 1.92 bits per heavy atom.